The molecule has 0 heterocycles. The van der Waals surface area contributed by atoms with E-state index >= 15 is 0 Å². The fraction of sp³-hybridized carbons (Fsp3) is 0. The maximum Gasteiger partial charge on any atom is 0.152 e. The SMILES string of the molecule is N.N.O=NO.O=NO.O=NO.O=NO.O=NO.O=NO. The van der Waals surface area contributed by atoms with Crippen LogP contribution in [-0.2, 0) is 0 Å². The third-order valence-electron chi connectivity index (χ3n) is 0. The van der Waals surface area contributed by atoms with Gasteiger partial charge in [-0.2, -0.15) is 0 Å². The molecule has 0 unspecified atom stereocenters. The van der Waals surface area contributed by atoms with E-state index in [0.29, 0.717) is 0 Å². The molecule has 0 aromatic heterocycles. The zero-order chi connectivity index (χ0) is 16.2. The standard InChI is InChI=1S/6HNO2.2H3N/c6*2-1-3;;/h6*(H,2,3);2*1H3. The molecular formula is H12N8O12. The lowest BCUT2D eigenvalue weighted by Crippen LogP contribution is -1.25. The average molecular weight is 316 g/mol. The number of rotatable bonds is 0. The Kier molecular flexibility index (Phi) is 1610. The molecule has 0 aromatic rings. The second-order valence-corrected chi connectivity index (χ2v) is 0.490. The summed E-state index contributed by atoms with van der Waals surface area (Å²) in [5.74, 6) is 0. The van der Waals surface area contributed by atoms with Crippen LogP contribution in [-0.4, -0.2) is 31.2 Å². The van der Waals surface area contributed by atoms with Crippen molar-refractivity contribution in [3.05, 3.63) is 29.4 Å². The molecule has 0 aromatic carbocycles. The molecule has 0 radical (unpaired) electrons. The maximum absolute atomic E-state index is 8.11. The van der Waals surface area contributed by atoms with Crippen LogP contribution in [0.25, 0.3) is 0 Å². The molecule has 20 heavy (non-hydrogen) atoms. The van der Waals surface area contributed by atoms with Crippen LogP contribution >= 0.6 is 0 Å². The lowest BCUT2D eigenvalue weighted by atomic mass is 13.4. The minimum Gasteiger partial charge on any atom is -0.379 e. The van der Waals surface area contributed by atoms with E-state index in [1.54, 1.807) is 0 Å². The molecule has 0 atom stereocenters. The Morgan fingerprint density at radius 3 is 0.350 bits per heavy atom. The number of nitrogens with zero attached hydrogens (tertiary/aromatic N) is 6. The number of hydrogen-bond acceptors (Lipinski definition) is 14. The van der Waals surface area contributed by atoms with E-state index in [2.05, 4.69) is 0 Å². The second kappa shape index (κ2) is 584. The quantitative estimate of drug-likeness (QED) is 0.229. The molecule has 0 saturated heterocycles. The van der Waals surface area contributed by atoms with Crippen LogP contribution in [0.3, 0.4) is 0 Å². The molecule has 0 rings (SSSR count). The Morgan fingerprint density at radius 2 is 0.350 bits per heavy atom. The summed E-state index contributed by atoms with van der Waals surface area (Å²) in [5, 5.41) is 47.3. The molecule has 0 saturated carbocycles. The Balaban J connectivity index is -0.0000000141. The lowest BCUT2D eigenvalue weighted by Gasteiger charge is -1.32. The minimum absolute atomic E-state index is 0. The molecule has 0 fully saturated rings. The summed E-state index contributed by atoms with van der Waals surface area (Å²) in [6, 6.07) is 0. The highest BCUT2D eigenvalue weighted by Gasteiger charge is 1.20. The van der Waals surface area contributed by atoms with Crippen molar-refractivity contribution in [2.75, 3.05) is 0 Å². The molecule has 20 nitrogen and oxygen atoms in total. The van der Waals surface area contributed by atoms with E-state index < -0.39 is 0 Å². The summed E-state index contributed by atoms with van der Waals surface area (Å²) in [6.45, 7) is 0. The first-order chi connectivity index (χ1) is 8.49. The van der Waals surface area contributed by atoms with E-state index in [1.165, 1.54) is 32.0 Å². The van der Waals surface area contributed by atoms with Crippen LogP contribution < -0.4 is 12.3 Å². The van der Waals surface area contributed by atoms with Crippen molar-refractivity contribution in [3.8, 4) is 0 Å². The molecule has 0 amide bonds. The van der Waals surface area contributed by atoms with Gasteiger partial charge in [-0.1, -0.05) is 0 Å². The van der Waals surface area contributed by atoms with Gasteiger partial charge in [-0.3, -0.25) is 0 Å². The van der Waals surface area contributed by atoms with Crippen LogP contribution in [0, 0.1) is 29.4 Å². The highest BCUT2D eigenvalue weighted by Crippen LogP contribution is 1.26. The van der Waals surface area contributed by atoms with Gasteiger partial charge >= 0.3 is 0 Å². The summed E-state index contributed by atoms with van der Waals surface area (Å²) in [7, 11) is 0. The highest BCUT2D eigenvalue weighted by atomic mass is 16.6. The van der Waals surface area contributed by atoms with Gasteiger partial charge in [0.1, 0.15) is 0 Å². The van der Waals surface area contributed by atoms with Gasteiger partial charge in [-0.05, 0) is 0 Å². The van der Waals surface area contributed by atoms with Crippen molar-refractivity contribution in [1.29, 1.82) is 0 Å². The normalized spacial score (nSPS) is 3.60. The Bertz CT molecular complexity index is 111. The van der Waals surface area contributed by atoms with Crippen LogP contribution in [0.15, 0.2) is 32.0 Å². The smallest absolute Gasteiger partial charge is 0.152 e. The van der Waals surface area contributed by atoms with Gasteiger partial charge in [0, 0.05) is 0 Å². The van der Waals surface area contributed by atoms with E-state index in [-0.39, 0.29) is 12.3 Å². The predicted octanol–water partition coefficient (Wildman–Crippen LogP) is 1.18. The Morgan fingerprint density at radius 1 is 0.350 bits per heavy atom. The summed E-state index contributed by atoms with van der Waals surface area (Å²) >= 11 is 0. The Hall–Kier alpha value is -3.68. The van der Waals surface area contributed by atoms with Crippen LogP contribution in [0.5, 0.6) is 0 Å². The van der Waals surface area contributed by atoms with Crippen molar-refractivity contribution in [3.63, 3.8) is 0 Å². The molecule has 20 heteroatoms. The van der Waals surface area contributed by atoms with Gasteiger partial charge in [0.25, 0.3) is 0 Å². The second-order valence-electron chi connectivity index (χ2n) is 0.490. The maximum atomic E-state index is 8.11. The highest BCUT2D eigenvalue weighted by molar-refractivity contribution is 3.85. The van der Waals surface area contributed by atoms with E-state index in [4.69, 9.17) is 60.7 Å². The minimum atomic E-state index is 0. The molecule has 0 aliphatic carbocycles. The zero-order valence-electron chi connectivity index (χ0n) is 9.23. The van der Waals surface area contributed by atoms with Crippen LogP contribution in [0.4, 0.5) is 0 Å². The summed E-state index contributed by atoms with van der Waals surface area (Å²) in [4.78, 5) is 48.7. The van der Waals surface area contributed by atoms with Gasteiger partial charge in [0.05, 0.1) is 0 Å². The molecule has 0 aliphatic rings. The predicted molar refractivity (Wildman–Crippen MR) is 55.5 cm³/mol. The molecule has 124 valence electrons. The van der Waals surface area contributed by atoms with Crippen molar-refractivity contribution in [2.24, 2.45) is 32.0 Å². The molecular weight excluding hydrogens is 304 g/mol. The third kappa shape index (κ3) is 188. The third-order valence-corrected chi connectivity index (χ3v) is 0. The van der Waals surface area contributed by atoms with Gasteiger partial charge < -0.3 is 43.5 Å². The topological polar surface area (TPSA) is 368 Å². The fourth-order valence-electron chi connectivity index (χ4n) is 0. The zero-order valence-corrected chi connectivity index (χ0v) is 9.23. The number of hydrogen-bond donors (Lipinski definition) is 8. The summed E-state index contributed by atoms with van der Waals surface area (Å²) in [6.07, 6.45) is 0. The molecule has 12 N–H and O–H groups in total. The molecule has 0 bridgehead atoms. The van der Waals surface area contributed by atoms with Crippen molar-refractivity contribution in [2.45, 2.75) is 0 Å². The van der Waals surface area contributed by atoms with E-state index in [9.17, 15) is 0 Å². The lowest BCUT2D eigenvalue weighted by molar-refractivity contribution is 0.312. The molecule has 0 aliphatic heterocycles. The van der Waals surface area contributed by atoms with Crippen molar-refractivity contribution in [1.82, 2.24) is 12.3 Å². The van der Waals surface area contributed by atoms with Gasteiger partial charge in [-0.15, -0.1) is 29.4 Å². The Labute approximate surface area is 106 Å². The van der Waals surface area contributed by atoms with Crippen LogP contribution in [0.2, 0.25) is 0 Å². The van der Waals surface area contributed by atoms with Crippen molar-refractivity contribution >= 4 is 0 Å². The summed E-state index contributed by atoms with van der Waals surface area (Å²) < 4.78 is 0. The van der Waals surface area contributed by atoms with Crippen LogP contribution in [0.1, 0.15) is 0 Å². The van der Waals surface area contributed by atoms with Gasteiger partial charge in [0.15, 0.2) is 32.0 Å². The van der Waals surface area contributed by atoms with Gasteiger partial charge in [-0.25, -0.2) is 0 Å². The first-order valence-corrected chi connectivity index (χ1v) is 2.30. The molecule has 0 spiro atoms. The van der Waals surface area contributed by atoms with E-state index in [1.807, 2.05) is 0 Å². The largest absolute Gasteiger partial charge is 0.379 e. The fourth-order valence-corrected chi connectivity index (χ4v) is 0. The average Bonchev–Trinajstić information content (AvgIpc) is 2.23. The monoisotopic (exact) mass is 316 g/mol. The summed E-state index contributed by atoms with van der Waals surface area (Å²) in [5.41, 5.74) is 0. The first kappa shape index (κ1) is 55.3. The first-order valence-electron chi connectivity index (χ1n) is 2.30. The van der Waals surface area contributed by atoms with Gasteiger partial charge in [0.2, 0.25) is 0 Å². The van der Waals surface area contributed by atoms with Crippen molar-refractivity contribution < 1.29 is 31.2 Å². The van der Waals surface area contributed by atoms with E-state index in [0.717, 1.165) is 0 Å².